The van der Waals surface area contributed by atoms with Crippen molar-refractivity contribution in [3.63, 3.8) is 0 Å². The first-order chi connectivity index (χ1) is 11.6. The average molecular weight is 384 g/mol. The van der Waals surface area contributed by atoms with Gasteiger partial charge in [-0.2, -0.15) is 26.3 Å². The van der Waals surface area contributed by atoms with Crippen molar-refractivity contribution in [2.75, 3.05) is 0 Å². The molecule has 3 unspecified atom stereocenters. The van der Waals surface area contributed by atoms with Crippen molar-refractivity contribution in [1.29, 1.82) is 0 Å². The molecule has 0 aliphatic carbocycles. The number of benzene rings is 1. The highest BCUT2D eigenvalue weighted by Crippen LogP contribution is 2.51. The fourth-order valence-electron chi connectivity index (χ4n) is 3.43. The molecule has 0 aromatic heterocycles. The molecule has 1 fully saturated rings. The highest BCUT2D eigenvalue weighted by atomic mass is 19.4. The van der Waals surface area contributed by atoms with Crippen LogP contribution in [0.25, 0.3) is 0 Å². The van der Waals surface area contributed by atoms with Crippen LogP contribution in [0.15, 0.2) is 30.3 Å². The molecule has 1 heterocycles. The van der Waals surface area contributed by atoms with Gasteiger partial charge in [0.05, 0.1) is 6.10 Å². The molecule has 1 aliphatic heterocycles. The molecular formula is C18H22F6O2. The third-order valence-electron chi connectivity index (χ3n) is 4.45. The minimum absolute atomic E-state index is 0.131. The maximum absolute atomic E-state index is 13.6. The van der Waals surface area contributed by atoms with E-state index >= 15 is 0 Å². The van der Waals surface area contributed by atoms with Gasteiger partial charge in [0.15, 0.2) is 11.9 Å². The summed E-state index contributed by atoms with van der Waals surface area (Å²) in [5.41, 5.74) is -0.499. The van der Waals surface area contributed by atoms with E-state index in [1.807, 2.05) is 0 Å². The highest BCUT2D eigenvalue weighted by molar-refractivity contribution is 5.17. The Morgan fingerprint density at radius 3 is 1.81 bits per heavy atom. The van der Waals surface area contributed by atoms with Gasteiger partial charge in [-0.15, -0.1) is 0 Å². The second-order valence-corrected chi connectivity index (χ2v) is 7.74. The van der Waals surface area contributed by atoms with Crippen LogP contribution >= 0.6 is 0 Å². The van der Waals surface area contributed by atoms with Crippen molar-refractivity contribution in [3.8, 4) is 0 Å². The number of hydrogen-bond acceptors (Lipinski definition) is 2. The monoisotopic (exact) mass is 384 g/mol. The molecule has 26 heavy (non-hydrogen) atoms. The predicted molar refractivity (Wildman–Crippen MR) is 83.4 cm³/mol. The van der Waals surface area contributed by atoms with Gasteiger partial charge in [0, 0.05) is 0 Å². The molecule has 148 valence electrons. The van der Waals surface area contributed by atoms with Gasteiger partial charge < -0.3 is 9.47 Å². The molecule has 2 rings (SSSR count). The Bertz CT molecular complexity index is 606. The van der Waals surface area contributed by atoms with Crippen LogP contribution in [0, 0.1) is 11.3 Å². The van der Waals surface area contributed by atoms with Crippen molar-refractivity contribution in [2.24, 2.45) is 11.3 Å². The largest absolute Gasteiger partial charge is 0.415 e. The summed E-state index contributed by atoms with van der Waals surface area (Å²) in [7, 11) is 0. The summed E-state index contributed by atoms with van der Waals surface area (Å²) in [5, 5.41) is 0. The van der Waals surface area contributed by atoms with Crippen LogP contribution in [-0.2, 0) is 15.9 Å². The predicted octanol–water partition coefficient (Wildman–Crippen LogP) is 5.52. The summed E-state index contributed by atoms with van der Waals surface area (Å²) in [6.07, 6.45) is -14.9. The Labute approximate surface area is 148 Å². The van der Waals surface area contributed by atoms with E-state index in [0.717, 1.165) is 5.56 Å². The fraction of sp³-hybridized carbons (Fsp3) is 0.667. The number of ether oxygens (including phenoxy) is 2. The van der Waals surface area contributed by atoms with Crippen LogP contribution in [0.4, 0.5) is 26.3 Å². The van der Waals surface area contributed by atoms with Gasteiger partial charge in [0.1, 0.15) is 5.92 Å². The molecule has 1 aromatic rings. The summed E-state index contributed by atoms with van der Waals surface area (Å²) < 4.78 is 91.1. The van der Waals surface area contributed by atoms with Gasteiger partial charge in [-0.1, -0.05) is 44.2 Å². The second-order valence-electron chi connectivity index (χ2n) is 7.74. The lowest BCUT2D eigenvalue weighted by Crippen LogP contribution is -2.63. The average Bonchev–Trinajstić information content (AvgIpc) is 2.43. The molecular weight excluding hydrogens is 362 g/mol. The quantitative estimate of drug-likeness (QED) is 0.639. The first kappa shape index (κ1) is 21.0. The second kappa shape index (κ2) is 6.71. The molecule has 8 heteroatoms. The van der Waals surface area contributed by atoms with Gasteiger partial charge >= 0.3 is 12.4 Å². The van der Waals surface area contributed by atoms with Crippen LogP contribution in [-0.4, -0.2) is 30.3 Å². The smallest absolute Gasteiger partial charge is 0.346 e. The van der Waals surface area contributed by atoms with Crippen LogP contribution < -0.4 is 0 Å². The number of alkyl halides is 6. The lowest BCUT2D eigenvalue weighted by molar-refractivity contribution is -0.418. The minimum Gasteiger partial charge on any atom is -0.346 e. The SMILES string of the molecule is CC1(C)OC(C(F)(F)F)C(C(F)(F)F)C(C(C)(C)Cc2ccccc2)O1. The molecule has 0 radical (unpaired) electrons. The zero-order valence-corrected chi connectivity index (χ0v) is 14.9. The Hall–Kier alpha value is -1.28. The highest BCUT2D eigenvalue weighted by Gasteiger charge is 2.66. The first-order valence-electron chi connectivity index (χ1n) is 8.16. The topological polar surface area (TPSA) is 18.5 Å². The van der Waals surface area contributed by atoms with Crippen molar-refractivity contribution in [2.45, 2.75) is 64.5 Å². The number of hydrogen-bond donors (Lipinski definition) is 0. The summed E-state index contributed by atoms with van der Waals surface area (Å²) in [5.74, 6) is -4.60. The summed E-state index contributed by atoms with van der Waals surface area (Å²) in [6, 6.07) is 8.63. The van der Waals surface area contributed by atoms with Crippen molar-refractivity contribution >= 4 is 0 Å². The van der Waals surface area contributed by atoms with Crippen molar-refractivity contribution < 1.29 is 35.8 Å². The van der Waals surface area contributed by atoms with E-state index in [1.54, 1.807) is 30.3 Å². The maximum Gasteiger partial charge on any atom is 0.415 e. The lowest BCUT2D eigenvalue weighted by Gasteiger charge is -2.51. The van der Waals surface area contributed by atoms with E-state index in [0.29, 0.717) is 0 Å². The van der Waals surface area contributed by atoms with Crippen LogP contribution in [0.2, 0.25) is 0 Å². The normalized spacial score (nSPS) is 27.4. The molecule has 0 N–H and O–H groups in total. The Balaban J connectivity index is 2.46. The van der Waals surface area contributed by atoms with Gasteiger partial charge in [0.25, 0.3) is 0 Å². The van der Waals surface area contributed by atoms with Crippen molar-refractivity contribution in [3.05, 3.63) is 35.9 Å². The van der Waals surface area contributed by atoms with E-state index < -0.39 is 41.7 Å². The lowest BCUT2D eigenvalue weighted by atomic mass is 9.72. The molecule has 2 nitrogen and oxygen atoms in total. The van der Waals surface area contributed by atoms with Gasteiger partial charge in [-0.05, 0) is 31.2 Å². The third kappa shape index (κ3) is 4.71. The van der Waals surface area contributed by atoms with Gasteiger partial charge in [-0.25, -0.2) is 0 Å². The Kier molecular flexibility index (Phi) is 5.43. The first-order valence-corrected chi connectivity index (χ1v) is 8.16. The summed E-state index contributed by atoms with van der Waals surface area (Å²) in [6.45, 7) is 5.37. The molecule has 0 amide bonds. The molecule has 1 saturated heterocycles. The van der Waals surface area contributed by atoms with Crippen LogP contribution in [0.5, 0.6) is 0 Å². The van der Waals surface area contributed by atoms with Crippen LogP contribution in [0.1, 0.15) is 33.3 Å². The Morgan fingerprint density at radius 2 is 1.35 bits per heavy atom. The zero-order valence-electron chi connectivity index (χ0n) is 14.9. The summed E-state index contributed by atoms with van der Waals surface area (Å²) >= 11 is 0. The molecule has 1 aliphatic rings. The number of rotatable bonds is 3. The molecule has 0 bridgehead atoms. The van der Waals surface area contributed by atoms with E-state index in [-0.39, 0.29) is 6.42 Å². The van der Waals surface area contributed by atoms with E-state index in [4.69, 9.17) is 4.74 Å². The van der Waals surface area contributed by atoms with Gasteiger partial charge in [-0.3, -0.25) is 0 Å². The minimum atomic E-state index is -5.16. The van der Waals surface area contributed by atoms with Gasteiger partial charge in [0.2, 0.25) is 0 Å². The Morgan fingerprint density at radius 1 is 0.846 bits per heavy atom. The number of halogens is 6. The molecule has 0 saturated carbocycles. The maximum atomic E-state index is 13.6. The standard InChI is InChI=1S/C18H22F6O2/c1-15(2,10-11-8-6-5-7-9-11)13-12(17(19,20)21)14(18(22,23)24)26-16(3,4)25-13/h5-9,12-14H,10H2,1-4H3. The molecule has 0 spiro atoms. The zero-order chi connectivity index (χ0) is 20.0. The third-order valence-corrected chi connectivity index (χ3v) is 4.45. The van der Waals surface area contributed by atoms with Crippen LogP contribution in [0.3, 0.4) is 0 Å². The van der Waals surface area contributed by atoms with E-state index in [2.05, 4.69) is 4.74 Å². The van der Waals surface area contributed by atoms with Crippen molar-refractivity contribution in [1.82, 2.24) is 0 Å². The van der Waals surface area contributed by atoms with E-state index in [9.17, 15) is 26.3 Å². The summed E-state index contributed by atoms with van der Waals surface area (Å²) in [4.78, 5) is 0. The molecule has 1 aromatic carbocycles. The van der Waals surface area contributed by atoms with E-state index in [1.165, 1.54) is 27.7 Å². The fourth-order valence-corrected chi connectivity index (χ4v) is 3.43. The molecule has 3 atom stereocenters.